The molecule has 0 atom stereocenters. The van der Waals surface area contributed by atoms with Crippen LogP contribution < -0.4 is 10.5 Å². The zero-order valence-electron chi connectivity index (χ0n) is 8.02. The van der Waals surface area contributed by atoms with Crippen molar-refractivity contribution in [3.8, 4) is 11.6 Å². The molecule has 0 aliphatic heterocycles. The highest BCUT2D eigenvalue weighted by molar-refractivity contribution is 14.1. The molecule has 1 heterocycles. The predicted molar refractivity (Wildman–Crippen MR) is 70.7 cm³/mol. The first-order chi connectivity index (χ1) is 7.68. The second-order valence-electron chi connectivity index (χ2n) is 2.92. The summed E-state index contributed by atoms with van der Waals surface area (Å²) in [5.74, 6) is 0.952. The van der Waals surface area contributed by atoms with Gasteiger partial charge >= 0.3 is 0 Å². The molecule has 16 heavy (non-hydrogen) atoms. The molecule has 0 unspecified atom stereocenters. The van der Waals surface area contributed by atoms with E-state index in [1.807, 2.05) is 24.3 Å². The van der Waals surface area contributed by atoms with Crippen LogP contribution in [0.25, 0.3) is 0 Å². The number of hydrogen-bond acceptors (Lipinski definition) is 4. The molecule has 0 amide bonds. The van der Waals surface area contributed by atoms with Gasteiger partial charge in [0.25, 0.3) is 0 Å². The Hall–Kier alpha value is -1.08. The topological polar surface area (TPSA) is 61.0 Å². The molecular weight excluding hydrogens is 340 g/mol. The molecule has 82 valence electrons. The molecule has 4 nitrogen and oxygen atoms in total. The average molecular weight is 348 g/mol. The molecule has 0 radical (unpaired) electrons. The fourth-order valence-electron chi connectivity index (χ4n) is 1.07. The Morgan fingerprint density at radius 3 is 2.75 bits per heavy atom. The molecular formula is C10H7ClIN3O. The number of anilines is 1. The number of halogens is 2. The van der Waals surface area contributed by atoms with E-state index in [0.29, 0.717) is 5.75 Å². The smallest absolute Gasteiger partial charge is 0.247 e. The van der Waals surface area contributed by atoms with E-state index in [9.17, 15) is 0 Å². The first-order valence-electron chi connectivity index (χ1n) is 4.37. The van der Waals surface area contributed by atoms with E-state index in [1.165, 1.54) is 6.33 Å². The van der Waals surface area contributed by atoms with Crippen molar-refractivity contribution in [2.24, 2.45) is 0 Å². The second-order valence-corrected chi connectivity index (χ2v) is 4.44. The largest absolute Gasteiger partial charge is 0.436 e. The lowest BCUT2D eigenvalue weighted by Gasteiger charge is -2.08. The summed E-state index contributed by atoms with van der Waals surface area (Å²) in [4.78, 5) is 7.68. The third kappa shape index (κ3) is 2.35. The molecule has 0 aliphatic rings. The number of aromatic nitrogens is 2. The number of nitrogen functional groups attached to an aromatic ring is 1. The van der Waals surface area contributed by atoms with Gasteiger partial charge in [0.2, 0.25) is 5.88 Å². The maximum Gasteiger partial charge on any atom is 0.247 e. The van der Waals surface area contributed by atoms with Gasteiger partial charge in [0.1, 0.15) is 17.8 Å². The van der Waals surface area contributed by atoms with Crippen LogP contribution in [0.2, 0.25) is 5.15 Å². The average Bonchev–Trinajstić information content (AvgIpc) is 2.28. The van der Waals surface area contributed by atoms with Crippen molar-refractivity contribution in [1.82, 2.24) is 9.97 Å². The van der Waals surface area contributed by atoms with Crippen LogP contribution in [0.15, 0.2) is 30.6 Å². The Kier molecular flexibility index (Phi) is 3.45. The third-order valence-corrected chi connectivity index (χ3v) is 3.03. The number of ether oxygens (including phenoxy) is 1. The minimum atomic E-state index is 0.191. The lowest BCUT2D eigenvalue weighted by atomic mass is 10.3. The molecule has 0 aliphatic carbocycles. The van der Waals surface area contributed by atoms with Crippen molar-refractivity contribution in [2.75, 3.05) is 5.73 Å². The molecule has 2 rings (SSSR count). The molecule has 0 spiro atoms. The molecule has 0 bridgehead atoms. The Morgan fingerprint density at radius 1 is 1.25 bits per heavy atom. The van der Waals surface area contributed by atoms with Crippen LogP contribution >= 0.6 is 34.2 Å². The Balaban J connectivity index is 2.35. The van der Waals surface area contributed by atoms with Crippen molar-refractivity contribution in [3.05, 3.63) is 39.3 Å². The summed E-state index contributed by atoms with van der Waals surface area (Å²) in [5, 5.41) is 0.191. The van der Waals surface area contributed by atoms with E-state index in [2.05, 4.69) is 32.6 Å². The van der Waals surface area contributed by atoms with Gasteiger partial charge in [-0.1, -0.05) is 23.7 Å². The lowest BCUT2D eigenvalue weighted by Crippen LogP contribution is -1.98. The van der Waals surface area contributed by atoms with E-state index in [-0.39, 0.29) is 16.7 Å². The van der Waals surface area contributed by atoms with Crippen molar-refractivity contribution in [1.29, 1.82) is 0 Å². The zero-order chi connectivity index (χ0) is 11.5. The van der Waals surface area contributed by atoms with E-state index >= 15 is 0 Å². The van der Waals surface area contributed by atoms with Gasteiger partial charge in [-0.15, -0.1) is 0 Å². The summed E-state index contributed by atoms with van der Waals surface area (Å²) in [6.45, 7) is 0. The SMILES string of the molecule is Nc1c(Cl)ncnc1Oc1ccccc1I. The van der Waals surface area contributed by atoms with Crippen LogP contribution in [0.3, 0.4) is 0 Å². The van der Waals surface area contributed by atoms with E-state index < -0.39 is 0 Å². The van der Waals surface area contributed by atoms with E-state index in [4.69, 9.17) is 22.1 Å². The molecule has 0 saturated carbocycles. The Morgan fingerprint density at radius 2 is 2.00 bits per heavy atom. The molecule has 6 heteroatoms. The van der Waals surface area contributed by atoms with Gasteiger partial charge in [-0.3, -0.25) is 0 Å². The number of para-hydroxylation sites is 1. The minimum Gasteiger partial charge on any atom is -0.436 e. The number of benzene rings is 1. The van der Waals surface area contributed by atoms with Gasteiger partial charge in [-0.2, -0.15) is 4.98 Å². The fourth-order valence-corrected chi connectivity index (χ4v) is 1.69. The molecule has 1 aromatic carbocycles. The quantitative estimate of drug-likeness (QED) is 0.670. The standard InChI is InChI=1S/C10H7ClIN3O/c11-9-8(13)10(15-5-14-9)16-7-4-2-1-3-6(7)12/h1-5H,13H2. The van der Waals surface area contributed by atoms with Crippen LogP contribution in [0.4, 0.5) is 5.69 Å². The number of hydrogen-bond donors (Lipinski definition) is 1. The van der Waals surface area contributed by atoms with E-state index in [1.54, 1.807) is 0 Å². The summed E-state index contributed by atoms with van der Waals surface area (Å²) in [6, 6.07) is 7.55. The van der Waals surface area contributed by atoms with E-state index in [0.717, 1.165) is 3.57 Å². The first kappa shape index (κ1) is 11.4. The van der Waals surface area contributed by atoms with Crippen LogP contribution in [0.5, 0.6) is 11.6 Å². The van der Waals surface area contributed by atoms with Gasteiger partial charge < -0.3 is 10.5 Å². The monoisotopic (exact) mass is 347 g/mol. The van der Waals surface area contributed by atoms with Crippen LogP contribution in [0.1, 0.15) is 0 Å². The molecule has 2 aromatic rings. The van der Waals surface area contributed by atoms with Crippen molar-refractivity contribution in [2.45, 2.75) is 0 Å². The normalized spacial score (nSPS) is 10.1. The second kappa shape index (κ2) is 4.84. The summed E-state index contributed by atoms with van der Waals surface area (Å²) in [7, 11) is 0. The van der Waals surface area contributed by atoms with Gasteiger partial charge in [-0.05, 0) is 34.7 Å². The number of nitrogens with zero attached hydrogens (tertiary/aromatic N) is 2. The maximum absolute atomic E-state index is 5.76. The fraction of sp³-hybridized carbons (Fsp3) is 0. The predicted octanol–water partition coefficient (Wildman–Crippen LogP) is 3.11. The lowest BCUT2D eigenvalue weighted by molar-refractivity contribution is 0.461. The summed E-state index contributed by atoms with van der Waals surface area (Å²) in [5.41, 5.74) is 5.94. The Bertz CT molecular complexity index is 521. The molecule has 0 fully saturated rings. The van der Waals surface area contributed by atoms with Crippen LogP contribution in [-0.2, 0) is 0 Å². The maximum atomic E-state index is 5.76. The van der Waals surface area contributed by atoms with Crippen molar-refractivity contribution >= 4 is 39.9 Å². The minimum absolute atomic E-state index is 0.191. The van der Waals surface area contributed by atoms with Gasteiger partial charge in [0.15, 0.2) is 5.15 Å². The van der Waals surface area contributed by atoms with Gasteiger partial charge in [0.05, 0.1) is 3.57 Å². The molecule has 0 saturated heterocycles. The van der Waals surface area contributed by atoms with Gasteiger partial charge in [-0.25, -0.2) is 4.98 Å². The first-order valence-corrected chi connectivity index (χ1v) is 5.82. The highest BCUT2D eigenvalue weighted by Crippen LogP contribution is 2.30. The summed E-state index contributed by atoms with van der Waals surface area (Å²) < 4.78 is 6.52. The van der Waals surface area contributed by atoms with Crippen molar-refractivity contribution < 1.29 is 4.74 Å². The third-order valence-electron chi connectivity index (χ3n) is 1.84. The molecule has 1 aromatic heterocycles. The number of rotatable bonds is 2. The summed E-state index contributed by atoms with van der Waals surface area (Å²) in [6.07, 6.45) is 1.31. The van der Waals surface area contributed by atoms with Crippen molar-refractivity contribution in [3.63, 3.8) is 0 Å². The van der Waals surface area contributed by atoms with Crippen LogP contribution in [-0.4, -0.2) is 9.97 Å². The highest BCUT2D eigenvalue weighted by atomic mass is 127. The van der Waals surface area contributed by atoms with Crippen LogP contribution in [0, 0.1) is 3.57 Å². The molecule has 2 N–H and O–H groups in total. The zero-order valence-corrected chi connectivity index (χ0v) is 10.9. The van der Waals surface area contributed by atoms with Gasteiger partial charge in [0, 0.05) is 0 Å². The summed E-state index contributed by atoms with van der Waals surface area (Å²) >= 11 is 7.93. The highest BCUT2D eigenvalue weighted by Gasteiger charge is 2.09. The Labute approximate surface area is 111 Å². The number of nitrogens with two attached hydrogens (primary N) is 1.